The van der Waals surface area contributed by atoms with Crippen LogP contribution in [0.3, 0.4) is 0 Å². The molecule has 0 saturated heterocycles. The van der Waals surface area contributed by atoms with Gasteiger partial charge in [0.15, 0.2) is 0 Å². The van der Waals surface area contributed by atoms with Crippen molar-refractivity contribution in [2.24, 2.45) is 7.05 Å². The molecule has 2 aromatic heterocycles. The highest BCUT2D eigenvalue weighted by Gasteiger charge is 2.16. The molecule has 1 N–H and O–H groups in total. The minimum absolute atomic E-state index is 0.0114. The highest BCUT2D eigenvalue weighted by Crippen LogP contribution is 2.14. The number of rotatable bonds is 3. The molecule has 2 rings (SSSR count). The van der Waals surface area contributed by atoms with Crippen LogP contribution in [0.15, 0.2) is 35.5 Å². The van der Waals surface area contributed by atoms with Gasteiger partial charge in [-0.3, -0.25) is 9.40 Å². The van der Waals surface area contributed by atoms with E-state index in [2.05, 4.69) is 14.8 Å². The fourth-order valence-corrected chi connectivity index (χ4v) is 2.31. The predicted molar refractivity (Wildman–Crippen MR) is 63.0 cm³/mol. The van der Waals surface area contributed by atoms with E-state index in [-0.39, 0.29) is 10.6 Å². The Hall–Kier alpha value is -2.40. The number of hydrogen-bond acceptors (Lipinski definition) is 5. The number of nitrogens with zero attached hydrogens (tertiary/aromatic N) is 4. The van der Waals surface area contributed by atoms with Crippen LogP contribution in [-0.2, 0) is 17.1 Å². The van der Waals surface area contributed by atoms with Gasteiger partial charge in [-0.1, -0.05) is 0 Å². The van der Waals surface area contributed by atoms with Crippen molar-refractivity contribution in [2.75, 3.05) is 4.72 Å². The summed E-state index contributed by atoms with van der Waals surface area (Å²) in [6.07, 6.45) is 2.62. The molecule has 2 aromatic rings. The molecular formula is C10H9N5O2S. The van der Waals surface area contributed by atoms with Crippen LogP contribution in [0.4, 0.5) is 5.82 Å². The third-order valence-corrected chi connectivity index (χ3v) is 3.56. The molecule has 0 spiro atoms. The third-order valence-electron chi connectivity index (χ3n) is 2.22. The summed E-state index contributed by atoms with van der Waals surface area (Å²) in [6, 6.07) is 6.02. The summed E-state index contributed by atoms with van der Waals surface area (Å²) in [6.45, 7) is 0. The highest BCUT2D eigenvalue weighted by molar-refractivity contribution is 7.92. The lowest BCUT2D eigenvalue weighted by Gasteiger charge is -2.07. The van der Waals surface area contributed by atoms with E-state index in [1.54, 1.807) is 7.05 Å². The first-order chi connectivity index (χ1) is 8.53. The van der Waals surface area contributed by atoms with Gasteiger partial charge in [0.05, 0.1) is 6.20 Å². The number of anilines is 1. The summed E-state index contributed by atoms with van der Waals surface area (Å²) in [5, 5.41) is 12.4. The molecule has 92 valence electrons. The number of nitriles is 1. The molecule has 0 amide bonds. The first-order valence-electron chi connectivity index (χ1n) is 4.90. The molecule has 0 unspecified atom stereocenters. The van der Waals surface area contributed by atoms with Gasteiger partial charge in [-0.2, -0.15) is 10.4 Å². The van der Waals surface area contributed by atoms with Crippen LogP contribution < -0.4 is 4.72 Å². The van der Waals surface area contributed by atoms with Crippen molar-refractivity contribution in [1.29, 1.82) is 5.26 Å². The van der Waals surface area contributed by atoms with Crippen molar-refractivity contribution in [3.8, 4) is 6.07 Å². The Morgan fingerprint density at radius 2 is 2.17 bits per heavy atom. The van der Waals surface area contributed by atoms with E-state index < -0.39 is 10.0 Å². The molecular weight excluding hydrogens is 254 g/mol. The molecule has 0 aromatic carbocycles. The predicted octanol–water partition coefficient (Wildman–Crippen LogP) is 0.488. The molecule has 0 aliphatic heterocycles. The zero-order chi connectivity index (χ0) is 13.2. The molecule has 0 bridgehead atoms. The third kappa shape index (κ3) is 2.31. The lowest BCUT2D eigenvalue weighted by molar-refractivity contribution is 0.600. The van der Waals surface area contributed by atoms with Gasteiger partial charge in [-0.15, -0.1) is 0 Å². The second-order valence-corrected chi connectivity index (χ2v) is 5.12. The van der Waals surface area contributed by atoms with E-state index in [4.69, 9.17) is 5.26 Å². The maximum atomic E-state index is 12.0. The molecule has 18 heavy (non-hydrogen) atoms. The van der Waals surface area contributed by atoms with Gasteiger partial charge in [0, 0.05) is 19.3 Å². The smallest absolute Gasteiger partial charge is 0.264 e. The number of nitrogens with one attached hydrogen (secondary N) is 1. The van der Waals surface area contributed by atoms with Crippen molar-refractivity contribution in [1.82, 2.24) is 14.8 Å². The standard InChI is InChI=1S/C10H9N5O2S/c1-15-10(4-5-13-15)14-18(16,17)9-3-2-8(6-11)12-7-9/h2-5,7,14H,1H3. The van der Waals surface area contributed by atoms with Crippen LogP contribution in [0, 0.1) is 11.3 Å². The van der Waals surface area contributed by atoms with Crippen LogP contribution in [-0.4, -0.2) is 23.2 Å². The fourth-order valence-electron chi connectivity index (χ4n) is 1.28. The van der Waals surface area contributed by atoms with E-state index in [9.17, 15) is 8.42 Å². The lowest BCUT2D eigenvalue weighted by Crippen LogP contribution is -2.15. The Balaban J connectivity index is 2.31. The number of pyridine rings is 1. The van der Waals surface area contributed by atoms with Crippen molar-refractivity contribution in [3.63, 3.8) is 0 Å². The molecule has 0 radical (unpaired) electrons. The van der Waals surface area contributed by atoms with E-state index in [0.29, 0.717) is 5.82 Å². The Kier molecular flexibility index (Phi) is 2.99. The van der Waals surface area contributed by atoms with E-state index >= 15 is 0 Å². The fraction of sp³-hybridized carbons (Fsp3) is 0.100. The number of aromatic nitrogens is 3. The van der Waals surface area contributed by atoms with Gasteiger partial charge in [-0.25, -0.2) is 13.4 Å². The zero-order valence-electron chi connectivity index (χ0n) is 9.40. The first kappa shape index (κ1) is 12.1. The minimum atomic E-state index is -3.71. The van der Waals surface area contributed by atoms with Crippen LogP contribution in [0.25, 0.3) is 0 Å². The number of hydrogen-bond donors (Lipinski definition) is 1. The Labute approximate surface area is 104 Å². The van der Waals surface area contributed by atoms with Crippen molar-refractivity contribution >= 4 is 15.8 Å². The maximum Gasteiger partial charge on any atom is 0.264 e. The van der Waals surface area contributed by atoms with Crippen LogP contribution in [0.2, 0.25) is 0 Å². The average Bonchev–Trinajstić information content (AvgIpc) is 2.74. The van der Waals surface area contributed by atoms with Gasteiger partial charge in [0.1, 0.15) is 22.5 Å². The maximum absolute atomic E-state index is 12.0. The Bertz CT molecular complexity index is 697. The summed E-state index contributed by atoms with van der Waals surface area (Å²) < 4.78 is 27.7. The number of sulfonamides is 1. The topological polar surface area (TPSA) is 101 Å². The van der Waals surface area contributed by atoms with Gasteiger partial charge >= 0.3 is 0 Å². The normalized spacial score (nSPS) is 10.9. The van der Waals surface area contributed by atoms with Gasteiger partial charge in [0.2, 0.25) is 0 Å². The van der Waals surface area contributed by atoms with E-state index in [1.165, 1.54) is 29.1 Å². The van der Waals surface area contributed by atoms with Crippen molar-refractivity contribution in [2.45, 2.75) is 4.90 Å². The van der Waals surface area contributed by atoms with Gasteiger partial charge in [-0.05, 0) is 12.1 Å². The zero-order valence-corrected chi connectivity index (χ0v) is 10.2. The number of aryl methyl sites for hydroxylation is 1. The molecule has 0 aliphatic carbocycles. The van der Waals surface area contributed by atoms with Gasteiger partial charge < -0.3 is 0 Å². The summed E-state index contributed by atoms with van der Waals surface area (Å²) >= 11 is 0. The lowest BCUT2D eigenvalue weighted by atomic mass is 10.4. The second kappa shape index (κ2) is 4.46. The minimum Gasteiger partial charge on any atom is -0.264 e. The van der Waals surface area contributed by atoms with Crippen molar-refractivity contribution < 1.29 is 8.42 Å². The largest absolute Gasteiger partial charge is 0.264 e. The summed E-state index contributed by atoms with van der Waals surface area (Å²) in [5.41, 5.74) is 0.162. The second-order valence-electron chi connectivity index (χ2n) is 3.44. The quantitative estimate of drug-likeness (QED) is 0.868. The molecule has 0 aliphatic rings. The summed E-state index contributed by atoms with van der Waals surface area (Å²) in [7, 11) is -2.09. The van der Waals surface area contributed by atoms with E-state index in [1.807, 2.05) is 6.07 Å². The Morgan fingerprint density at radius 3 is 2.67 bits per heavy atom. The van der Waals surface area contributed by atoms with Crippen LogP contribution in [0.5, 0.6) is 0 Å². The van der Waals surface area contributed by atoms with Crippen molar-refractivity contribution in [3.05, 3.63) is 36.3 Å². The molecule has 8 heteroatoms. The summed E-state index contributed by atoms with van der Waals surface area (Å²) in [5.74, 6) is 0.347. The molecule has 7 nitrogen and oxygen atoms in total. The molecule has 2 heterocycles. The molecule has 0 atom stereocenters. The average molecular weight is 263 g/mol. The SMILES string of the molecule is Cn1nccc1NS(=O)(=O)c1ccc(C#N)nc1. The van der Waals surface area contributed by atoms with Gasteiger partial charge in [0.25, 0.3) is 10.0 Å². The molecule has 0 fully saturated rings. The monoisotopic (exact) mass is 263 g/mol. The Morgan fingerprint density at radius 1 is 1.39 bits per heavy atom. The van der Waals surface area contributed by atoms with Crippen LogP contribution in [0.1, 0.15) is 5.69 Å². The highest BCUT2D eigenvalue weighted by atomic mass is 32.2. The molecule has 0 saturated carbocycles. The summed E-state index contributed by atoms with van der Waals surface area (Å²) in [4.78, 5) is 3.70. The van der Waals surface area contributed by atoms with Crippen LogP contribution >= 0.6 is 0 Å². The van der Waals surface area contributed by atoms with E-state index in [0.717, 1.165) is 6.20 Å². The first-order valence-corrected chi connectivity index (χ1v) is 6.38.